The van der Waals surface area contributed by atoms with E-state index in [0.29, 0.717) is 5.69 Å². The van der Waals surface area contributed by atoms with E-state index in [-0.39, 0.29) is 5.75 Å². The minimum atomic E-state index is -4.83. The van der Waals surface area contributed by atoms with Crippen LogP contribution in [0.2, 0.25) is 0 Å². The van der Waals surface area contributed by atoms with Gasteiger partial charge in [-0.05, 0) is 19.1 Å². The standard InChI is InChI=1S/C10H10F3NO3/c1-6-8(3-2-4-14-6)17-5-7(9(15)16)10(11,12)13/h2-4,7H,5H2,1H3,(H,15,16). The first kappa shape index (κ1) is 13.3. The summed E-state index contributed by atoms with van der Waals surface area (Å²) in [5.74, 6) is -4.36. The van der Waals surface area contributed by atoms with E-state index < -0.39 is 24.7 Å². The van der Waals surface area contributed by atoms with E-state index in [1.54, 1.807) is 6.92 Å². The number of pyridine rings is 1. The predicted octanol–water partition coefficient (Wildman–Crippen LogP) is 2.03. The van der Waals surface area contributed by atoms with Gasteiger partial charge in [-0.1, -0.05) is 0 Å². The lowest BCUT2D eigenvalue weighted by Crippen LogP contribution is -2.35. The Morgan fingerprint density at radius 3 is 2.71 bits per heavy atom. The van der Waals surface area contributed by atoms with E-state index in [9.17, 15) is 18.0 Å². The van der Waals surface area contributed by atoms with Crippen molar-refractivity contribution in [3.63, 3.8) is 0 Å². The van der Waals surface area contributed by atoms with Gasteiger partial charge in [0.05, 0.1) is 5.69 Å². The van der Waals surface area contributed by atoms with Crippen LogP contribution in [0, 0.1) is 12.8 Å². The van der Waals surface area contributed by atoms with Gasteiger partial charge in [0.25, 0.3) is 0 Å². The number of aryl methyl sites for hydroxylation is 1. The summed E-state index contributed by atoms with van der Waals surface area (Å²) in [6.07, 6.45) is -3.37. The van der Waals surface area contributed by atoms with Crippen LogP contribution in [0.5, 0.6) is 5.75 Å². The summed E-state index contributed by atoms with van der Waals surface area (Å²) in [5.41, 5.74) is 0.402. The van der Waals surface area contributed by atoms with E-state index in [4.69, 9.17) is 9.84 Å². The molecule has 0 spiro atoms. The molecule has 1 atom stereocenters. The SMILES string of the molecule is Cc1ncccc1OCC(C(=O)O)C(F)(F)F. The van der Waals surface area contributed by atoms with Crippen LogP contribution in [0.4, 0.5) is 13.2 Å². The van der Waals surface area contributed by atoms with E-state index in [0.717, 1.165) is 0 Å². The molecule has 0 fully saturated rings. The van der Waals surface area contributed by atoms with Gasteiger partial charge in [-0.2, -0.15) is 13.2 Å². The number of nitrogens with zero attached hydrogens (tertiary/aromatic N) is 1. The van der Waals surface area contributed by atoms with Crippen LogP contribution < -0.4 is 4.74 Å². The van der Waals surface area contributed by atoms with Crippen LogP contribution in [0.25, 0.3) is 0 Å². The molecule has 0 radical (unpaired) electrons. The maximum absolute atomic E-state index is 12.3. The van der Waals surface area contributed by atoms with Gasteiger partial charge in [-0.15, -0.1) is 0 Å². The van der Waals surface area contributed by atoms with Crippen molar-refractivity contribution in [2.75, 3.05) is 6.61 Å². The Morgan fingerprint density at radius 2 is 2.24 bits per heavy atom. The van der Waals surface area contributed by atoms with Crippen LogP contribution in [0.3, 0.4) is 0 Å². The molecule has 1 unspecified atom stereocenters. The molecule has 1 aromatic heterocycles. The third kappa shape index (κ3) is 3.61. The number of rotatable bonds is 4. The summed E-state index contributed by atoms with van der Waals surface area (Å²) in [4.78, 5) is 14.2. The van der Waals surface area contributed by atoms with Crippen molar-refractivity contribution < 1.29 is 27.8 Å². The van der Waals surface area contributed by atoms with Crippen molar-refractivity contribution >= 4 is 5.97 Å². The Labute approximate surface area is 95.0 Å². The summed E-state index contributed by atoms with van der Waals surface area (Å²) >= 11 is 0. The van der Waals surface area contributed by atoms with Crippen LogP contribution in [-0.2, 0) is 4.79 Å². The molecule has 1 N–H and O–H groups in total. The summed E-state index contributed by atoms with van der Waals surface area (Å²) in [6.45, 7) is 0.587. The summed E-state index contributed by atoms with van der Waals surface area (Å²) in [5, 5.41) is 8.44. The van der Waals surface area contributed by atoms with Gasteiger partial charge in [0.1, 0.15) is 12.4 Å². The van der Waals surface area contributed by atoms with Crippen molar-refractivity contribution in [1.29, 1.82) is 0 Å². The van der Waals surface area contributed by atoms with Gasteiger partial charge >= 0.3 is 12.1 Å². The Balaban J connectivity index is 2.72. The second-order valence-corrected chi connectivity index (χ2v) is 3.33. The maximum Gasteiger partial charge on any atom is 0.405 e. The molecule has 0 saturated heterocycles. The fourth-order valence-electron chi connectivity index (χ4n) is 1.10. The first-order chi connectivity index (χ1) is 7.82. The number of carboxylic acids is 1. The molecule has 94 valence electrons. The highest BCUT2D eigenvalue weighted by molar-refractivity contribution is 5.71. The number of halogens is 3. The highest BCUT2D eigenvalue weighted by Gasteiger charge is 2.45. The molecule has 0 aliphatic heterocycles. The minimum Gasteiger partial charge on any atom is -0.490 e. The molecule has 4 nitrogen and oxygen atoms in total. The lowest BCUT2D eigenvalue weighted by Gasteiger charge is -2.17. The highest BCUT2D eigenvalue weighted by Crippen LogP contribution is 2.27. The number of carbonyl (C=O) groups is 1. The number of ether oxygens (including phenoxy) is 1. The first-order valence-electron chi connectivity index (χ1n) is 4.66. The first-order valence-corrected chi connectivity index (χ1v) is 4.66. The zero-order valence-electron chi connectivity index (χ0n) is 8.86. The van der Waals surface area contributed by atoms with Crippen LogP contribution in [0.1, 0.15) is 5.69 Å². The largest absolute Gasteiger partial charge is 0.490 e. The fraction of sp³-hybridized carbons (Fsp3) is 0.400. The molecule has 0 aliphatic rings. The summed E-state index contributed by atoms with van der Waals surface area (Å²) in [6, 6.07) is 2.92. The fourth-order valence-corrected chi connectivity index (χ4v) is 1.10. The quantitative estimate of drug-likeness (QED) is 0.886. The number of hydrogen-bond donors (Lipinski definition) is 1. The molecular formula is C10H10F3NO3. The van der Waals surface area contributed by atoms with Gasteiger partial charge in [0.15, 0.2) is 5.92 Å². The molecule has 0 bridgehead atoms. The lowest BCUT2D eigenvalue weighted by molar-refractivity contribution is -0.198. The van der Waals surface area contributed by atoms with E-state index in [2.05, 4.69) is 4.98 Å². The predicted molar refractivity (Wildman–Crippen MR) is 51.6 cm³/mol. The minimum absolute atomic E-state index is 0.142. The average Bonchev–Trinajstić information content (AvgIpc) is 2.18. The third-order valence-electron chi connectivity index (χ3n) is 2.06. The molecule has 1 aromatic rings. The van der Waals surface area contributed by atoms with Gasteiger partial charge in [0, 0.05) is 6.20 Å². The van der Waals surface area contributed by atoms with Gasteiger partial charge in [0.2, 0.25) is 0 Å². The van der Waals surface area contributed by atoms with Gasteiger partial charge in [-0.3, -0.25) is 9.78 Å². The Bertz CT molecular complexity index is 406. The Kier molecular flexibility index (Phi) is 3.93. The normalized spacial score (nSPS) is 13.2. The second kappa shape index (κ2) is 5.03. The smallest absolute Gasteiger partial charge is 0.405 e. The van der Waals surface area contributed by atoms with E-state index >= 15 is 0 Å². The molecule has 1 rings (SSSR count). The number of hydrogen-bond acceptors (Lipinski definition) is 3. The topological polar surface area (TPSA) is 59.4 Å². The Morgan fingerprint density at radius 1 is 1.59 bits per heavy atom. The average molecular weight is 249 g/mol. The zero-order valence-corrected chi connectivity index (χ0v) is 8.86. The van der Waals surface area contributed by atoms with Crippen molar-refractivity contribution in [3.8, 4) is 5.75 Å². The number of aromatic nitrogens is 1. The number of aliphatic carboxylic acids is 1. The van der Waals surface area contributed by atoms with Crippen LogP contribution in [0.15, 0.2) is 18.3 Å². The zero-order chi connectivity index (χ0) is 13.1. The molecule has 0 saturated carbocycles. The second-order valence-electron chi connectivity index (χ2n) is 3.33. The number of alkyl halides is 3. The van der Waals surface area contributed by atoms with Crippen molar-refractivity contribution in [1.82, 2.24) is 4.98 Å². The molecule has 7 heteroatoms. The van der Waals surface area contributed by atoms with E-state index in [1.165, 1.54) is 18.3 Å². The number of carboxylic acid groups (broad SMARTS) is 1. The summed E-state index contributed by atoms with van der Waals surface area (Å²) < 4.78 is 41.7. The lowest BCUT2D eigenvalue weighted by atomic mass is 10.1. The van der Waals surface area contributed by atoms with Crippen molar-refractivity contribution in [2.45, 2.75) is 13.1 Å². The highest BCUT2D eigenvalue weighted by atomic mass is 19.4. The molecule has 0 aromatic carbocycles. The molecule has 0 aliphatic carbocycles. The van der Waals surface area contributed by atoms with Gasteiger partial charge < -0.3 is 9.84 Å². The van der Waals surface area contributed by atoms with Crippen molar-refractivity contribution in [2.24, 2.45) is 5.92 Å². The van der Waals surface area contributed by atoms with E-state index in [1.807, 2.05) is 0 Å². The molecular weight excluding hydrogens is 239 g/mol. The van der Waals surface area contributed by atoms with Crippen molar-refractivity contribution in [3.05, 3.63) is 24.0 Å². The summed E-state index contributed by atoms with van der Waals surface area (Å²) in [7, 11) is 0. The van der Waals surface area contributed by atoms with Crippen LogP contribution in [-0.4, -0.2) is 28.8 Å². The van der Waals surface area contributed by atoms with Crippen LogP contribution >= 0.6 is 0 Å². The molecule has 0 amide bonds. The monoisotopic (exact) mass is 249 g/mol. The third-order valence-corrected chi connectivity index (χ3v) is 2.06. The molecule has 1 heterocycles. The van der Waals surface area contributed by atoms with Gasteiger partial charge in [-0.25, -0.2) is 0 Å². The maximum atomic E-state index is 12.3. The molecule has 17 heavy (non-hydrogen) atoms. The Hall–Kier alpha value is -1.79.